The Morgan fingerprint density at radius 1 is 1.45 bits per heavy atom. The van der Waals surface area contributed by atoms with Gasteiger partial charge in [-0.3, -0.25) is 4.79 Å². The Kier molecular flexibility index (Phi) is 4.65. The predicted octanol–water partition coefficient (Wildman–Crippen LogP) is 2.82. The maximum absolute atomic E-state index is 12.6. The molecule has 1 amide bonds. The monoisotopic (exact) mass is 295 g/mol. The lowest BCUT2D eigenvalue weighted by atomic mass is 10.1. The van der Waals surface area contributed by atoms with Gasteiger partial charge in [0.05, 0.1) is 6.61 Å². The molecule has 0 radical (unpaired) electrons. The summed E-state index contributed by atoms with van der Waals surface area (Å²) in [6.07, 6.45) is 1.47. The van der Waals surface area contributed by atoms with Gasteiger partial charge in [0.25, 0.3) is 5.91 Å². The SMILES string of the molecule is CCOC(=O)C1CCCN1C(=O)c1cccc(Cl)c1C. The third-order valence-corrected chi connectivity index (χ3v) is 3.98. The highest BCUT2D eigenvalue weighted by atomic mass is 35.5. The van der Waals surface area contributed by atoms with Gasteiger partial charge in [-0.15, -0.1) is 0 Å². The molecular weight excluding hydrogens is 278 g/mol. The molecule has 1 aromatic rings. The van der Waals surface area contributed by atoms with Crippen molar-refractivity contribution in [3.8, 4) is 0 Å². The number of hydrogen-bond acceptors (Lipinski definition) is 3. The first kappa shape index (κ1) is 14.9. The quantitative estimate of drug-likeness (QED) is 0.806. The van der Waals surface area contributed by atoms with Crippen molar-refractivity contribution < 1.29 is 14.3 Å². The second kappa shape index (κ2) is 6.27. The summed E-state index contributed by atoms with van der Waals surface area (Å²) in [5.41, 5.74) is 1.29. The minimum Gasteiger partial charge on any atom is -0.464 e. The fraction of sp³-hybridized carbons (Fsp3) is 0.467. The summed E-state index contributed by atoms with van der Waals surface area (Å²) in [5, 5.41) is 0.558. The Morgan fingerprint density at radius 3 is 2.90 bits per heavy atom. The zero-order chi connectivity index (χ0) is 14.7. The van der Waals surface area contributed by atoms with Crippen molar-refractivity contribution >= 4 is 23.5 Å². The van der Waals surface area contributed by atoms with E-state index in [4.69, 9.17) is 16.3 Å². The van der Waals surface area contributed by atoms with E-state index in [2.05, 4.69) is 0 Å². The molecule has 20 heavy (non-hydrogen) atoms. The molecule has 0 aliphatic carbocycles. The Labute approximate surface area is 123 Å². The van der Waals surface area contributed by atoms with Crippen LogP contribution in [-0.4, -0.2) is 36.0 Å². The Balaban J connectivity index is 2.23. The number of halogens is 1. The lowest BCUT2D eigenvalue weighted by Gasteiger charge is -2.24. The van der Waals surface area contributed by atoms with Crippen LogP contribution in [0.15, 0.2) is 18.2 Å². The number of amides is 1. The van der Waals surface area contributed by atoms with Crippen molar-refractivity contribution in [3.05, 3.63) is 34.3 Å². The summed E-state index contributed by atoms with van der Waals surface area (Å²) >= 11 is 6.05. The van der Waals surface area contributed by atoms with Crippen LogP contribution in [0.3, 0.4) is 0 Å². The van der Waals surface area contributed by atoms with Crippen molar-refractivity contribution in [2.24, 2.45) is 0 Å². The number of likely N-dealkylation sites (tertiary alicyclic amines) is 1. The molecular formula is C15H18ClNO3. The standard InChI is InChI=1S/C15H18ClNO3/c1-3-20-15(19)13-8-5-9-17(13)14(18)11-6-4-7-12(16)10(11)2/h4,6-7,13H,3,5,8-9H2,1-2H3. The number of carbonyl (C=O) groups is 2. The summed E-state index contributed by atoms with van der Waals surface area (Å²) in [7, 11) is 0. The van der Waals surface area contributed by atoms with E-state index >= 15 is 0 Å². The van der Waals surface area contributed by atoms with Crippen molar-refractivity contribution in [1.29, 1.82) is 0 Å². The summed E-state index contributed by atoms with van der Waals surface area (Å²) in [6.45, 7) is 4.48. The summed E-state index contributed by atoms with van der Waals surface area (Å²) in [4.78, 5) is 26.1. The van der Waals surface area contributed by atoms with E-state index in [0.717, 1.165) is 12.0 Å². The smallest absolute Gasteiger partial charge is 0.328 e. The fourth-order valence-corrected chi connectivity index (χ4v) is 2.66. The van der Waals surface area contributed by atoms with Crippen molar-refractivity contribution in [2.45, 2.75) is 32.7 Å². The highest BCUT2D eigenvalue weighted by molar-refractivity contribution is 6.31. The van der Waals surface area contributed by atoms with E-state index in [9.17, 15) is 9.59 Å². The minimum absolute atomic E-state index is 0.152. The van der Waals surface area contributed by atoms with Gasteiger partial charge in [0.15, 0.2) is 0 Å². The molecule has 0 saturated carbocycles. The molecule has 0 aromatic heterocycles. The first-order valence-corrected chi connectivity index (χ1v) is 7.16. The van der Waals surface area contributed by atoms with Gasteiger partial charge in [0.2, 0.25) is 0 Å². The average molecular weight is 296 g/mol. The summed E-state index contributed by atoms with van der Waals surface area (Å²) in [6, 6.07) is 4.77. The molecule has 2 rings (SSSR count). The number of carbonyl (C=O) groups excluding carboxylic acids is 2. The Bertz CT molecular complexity index is 530. The van der Waals surface area contributed by atoms with E-state index in [-0.39, 0.29) is 11.9 Å². The lowest BCUT2D eigenvalue weighted by Crippen LogP contribution is -2.41. The number of nitrogens with zero attached hydrogens (tertiary/aromatic N) is 1. The van der Waals surface area contributed by atoms with Gasteiger partial charge >= 0.3 is 5.97 Å². The van der Waals surface area contributed by atoms with Crippen LogP contribution in [0.1, 0.15) is 35.7 Å². The van der Waals surface area contributed by atoms with Gasteiger partial charge in [0.1, 0.15) is 6.04 Å². The topological polar surface area (TPSA) is 46.6 Å². The third-order valence-electron chi connectivity index (χ3n) is 3.57. The van der Waals surface area contributed by atoms with Gasteiger partial charge in [0, 0.05) is 17.1 Å². The molecule has 1 atom stereocenters. The molecule has 1 unspecified atom stereocenters. The highest BCUT2D eigenvalue weighted by Crippen LogP contribution is 2.25. The van der Waals surface area contributed by atoms with Crippen LogP contribution >= 0.6 is 11.6 Å². The molecule has 1 aromatic carbocycles. The van der Waals surface area contributed by atoms with E-state index in [1.807, 2.05) is 6.92 Å². The molecule has 1 heterocycles. The predicted molar refractivity (Wildman–Crippen MR) is 76.9 cm³/mol. The maximum atomic E-state index is 12.6. The van der Waals surface area contributed by atoms with Crippen LogP contribution in [0.5, 0.6) is 0 Å². The zero-order valence-corrected chi connectivity index (χ0v) is 12.4. The normalized spacial score (nSPS) is 18.1. The van der Waals surface area contributed by atoms with Gasteiger partial charge in [-0.2, -0.15) is 0 Å². The van der Waals surface area contributed by atoms with Gasteiger partial charge in [-0.1, -0.05) is 17.7 Å². The van der Waals surface area contributed by atoms with Crippen LogP contribution in [0.2, 0.25) is 5.02 Å². The molecule has 5 heteroatoms. The number of ether oxygens (including phenoxy) is 1. The number of hydrogen-bond donors (Lipinski definition) is 0. The fourth-order valence-electron chi connectivity index (χ4n) is 2.49. The lowest BCUT2D eigenvalue weighted by molar-refractivity contribution is -0.147. The van der Waals surface area contributed by atoms with Gasteiger partial charge in [-0.25, -0.2) is 4.79 Å². The first-order chi connectivity index (χ1) is 9.56. The van der Waals surface area contributed by atoms with Crippen LogP contribution < -0.4 is 0 Å². The molecule has 0 spiro atoms. The Hall–Kier alpha value is -1.55. The first-order valence-electron chi connectivity index (χ1n) is 6.79. The number of benzene rings is 1. The minimum atomic E-state index is -0.471. The van der Waals surface area contributed by atoms with E-state index < -0.39 is 6.04 Å². The van der Waals surface area contributed by atoms with Crippen molar-refractivity contribution in [1.82, 2.24) is 4.90 Å². The molecule has 108 valence electrons. The summed E-state index contributed by atoms with van der Waals surface area (Å²) < 4.78 is 5.04. The third kappa shape index (κ3) is 2.80. The van der Waals surface area contributed by atoms with Crippen molar-refractivity contribution in [2.75, 3.05) is 13.2 Å². The average Bonchev–Trinajstić information content (AvgIpc) is 2.91. The van der Waals surface area contributed by atoms with E-state index in [1.165, 1.54) is 0 Å². The number of esters is 1. The van der Waals surface area contributed by atoms with Crippen LogP contribution in [0.25, 0.3) is 0 Å². The molecule has 1 aliphatic heterocycles. The zero-order valence-electron chi connectivity index (χ0n) is 11.7. The van der Waals surface area contributed by atoms with Crippen molar-refractivity contribution in [3.63, 3.8) is 0 Å². The van der Waals surface area contributed by atoms with Crippen LogP contribution in [0, 0.1) is 6.92 Å². The van der Waals surface area contributed by atoms with Gasteiger partial charge < -0.3 is 9.64 Å². The second-order valence-corrected chi connectivity index (χ2v) is 5.23. The molecule has 1 fully saturated rings. The highest BCUT2D eigenvalue weighted by Gasteiger charge is 2.36. The molecule has 0 N–H and O–H groups in total. The Morgan fingerprint density at radius 2 is 2.20 bits per heavy atom. The second-order valence-electron chi connectivity index (χ2n) is 4.82. The van der Waals surface area contributed by atoms with Crippen LogP contribution in [0.4, 0.5) is 0 Å². The van der Waals surface area contributed by atoms with Gasteiger partial charge in [-0.05, 0) is 44.4 Å². The van der Waals surface area contributed by atoms with Crippen LogP contribution in [-0.2, 0) is 9.53 Å². The summed E-state index contributed by atoms with van der Waals surface area (Å²) in [5.74, 6) is -0.474. The molecule has 4 nitrogen and oxygen atoms in total. The largest absolute Gasteiger partial charge is 0.464 e. The molecule has 1 saturated heterocycles. The number of rotatable bonds is 3. The van der Waals surface area contributed by atoms with E-state index in [0.29, 0.717) is 30.2 Å². The molecule has 0 bridgehead atoms. The van der Waals surface area contributed by atoms with E-state index in [1.54, 1.807) is 30.0 Å². The maximum Gasteiger partial charge on any atom is 0.328 e. The molecule has 1 aliphatic rings.